The number of nitrogens with zero attached hydrogens (tertiary/aromatic N) is 2. The van der Waals surface area contributed by atoms with Crippen molar-refractivity contribution in [2.24, 2.45) is 5.73 Å². The van der Waals surface area contributed by atoms with E-state index in [-0.39, 0.29) is 18.8 Å². The molecule has 0 saturated carbocycles. The van der Waals surface area contributed by atoms with Gasteiger partial charge in [0.15, 0.2) is 13.0 Å². The van der Waals surface area contributed by atoms with Crippen LogP contribution in [0.3, 0.4) is 0 Å². The summed E-state index contributed by atoms with van der Waals surface area (Å²) in [6, 6.07) is -0.894. The number of carbonyl (C=O) groups excluding carboxylic acids is 2. The molecule has 2 heterocycles. The summed E-state index contributed by atoms with van der Waals surface area (Å²) in [6.45, 7) is 5.43. The number of carbonyl (C=O) groups is 2. The largest absolute Gasteiger partial charge is 0.461 e. The molecular weight excluding hydrogens is 278 g/mol. The van der Waals surface area contributed by atoms with Crippen molar-refractivity contribution >= 4 is 11.9 Å². The Kier molecular flexibility index (Phi) is 4.62. The van der Waals surface area contributed by atoms with Gasteiger partial charge in [0, 0.05) is 6.54 Å². The highest BCUT2D eigenvalue weighted by Crippen LogP contribution is 2.31. The van der Waals surface area contributed by atoms with Crippen molar-refractivity contribution in [3.63, 3.8) is 0 Å². The summed E-state index contributed by atoms with van der Waals surface area (Å²) < 4.78 is 4.97. The summed E-state index contributed by atoms with van der Waals surface area (Å²) in [7, 11) is 0. The maximum Gasteiger partial charge on any atom is 0.334 e. The maximum absolute atomic E-state index is 11.5. The predicted octanol–water partition coefficient (Wildman–Crippen LogP) is -1.05. The molecule has 2 aliphatic rings. The van der Waals surface area contributed by atoms with Gasteiger partial charge in [0.1, 0.15) is 6.04 Å². The number of esters is 1. The molecule has 8 heteroatoms. The Morgan fingerprint density at radius 3 is 2.76 bits per heavy atom. The SMILES string of the molecule is CC1=C[C@@H](C(N)=O)N2C[C@H]1N(OCC(=O)OC(C)C)C2O. The van der Waals surface area contributed by atoms with Gasteiger partial charge in [-0.3, -0.25) is 9.63 Å². The van der Waals surface area contributed by atoms with Crippen molar-refractivity contribution in [2.75, 3.05) is 13.2 Å². The average Bonchev–Trinajstić information content (AvgIpc) is 2.65. The number of hydroxylamine groups is 2. The number of ether oxygens (including phenoxy) is 1. The second-order valence-electron chi connectivity index (χ2n) is 5.49. The van der Waals surface area contributed by atoms with Crippen molar-refractivity contribution in [1.82, 2.24) is 9.96 Å². The van der Waals surface area contributed by atoms with Crippen LogP contribution >= 0.6 is 0 Å². The number of nitrogens with two attached hydrogens (primary N) is 1. The summed E-state index contributed by atoms with van der Waals surface area (Å²) in [5.74, 6) is -1.05. The van der Waals surface area contributed by atoms with Gasteiger partial charge in [0.2, 0.25) is 5.91 Å². The number of primary amides is 1. The van der Waals surface area contributed by atoms with E-state index in [1.54, 1.807) is 19.9 Å². The van der Waals surface area contributed by atoms with E-state index in [0.29, 0.717) is 6.54 Å². The summed E-state index contributed by atoms with van der Waals surface area (Å²) in [5, 5.41) is 11.5. The molecule has 0 aromatic carbocycles. The Labute approximate surface area is 123 Å². The van der Waals surface area contributed by atoms with Crippen LogP contribution in [0.2, 0.25) is 0 Å². The quantitative estimate of drug-likeness (QED) is 0.492. The molecule has 118 valence electrons. The highest BCUT2D eigenvalue weighted by atomic mass is 16.7. The minimum atomic E-state index is -1.13. The third kappa shape index (κ3) is 3.24. The lowest BCUT2D eigenvalue weighted by molar-refractivity contribution is -0.257. The molecule has 0 radical (unpaired) electrons. The van der Waals surface area contributed by atoms with Gasteiger partial charge in [-0.15, -0.1) is 5.06 Å². The fourth-order valence-electron chi connectivity index (χ4n) is 2.57. The van der Waals surface area contributed by atoms with Crippen molar-refractivity contribution in [2.45, 2.75) is 45.3 Å². The number of amides is 1. The zero-order valence-electron chi connectivity index (χ0n) is 12.4. The molecule has 2 bridgehead atoms. The van der Waals surface area contributed by atoms with Crippen LogP contribution < -0.4 is 5.73 Å². The highest BCUT2D eigenvalue weighted by molar-refractivity contribution is 5.82. The molecule has 0 aromatic rings. The molecule has 1 fully saturated rings. The molecule has 1 amide bonds. The van der Waals surface area contributed by atoms with Crippen LogP contribution in [0, 0.1) is 0 Å². The van der Waals surface area contributed by atoms with Crippen molar-refractivity contribution in [3.05, 3.63) is 11.6 Å². The maximum atomic E-state index is 11.5. The highest BCUT2D eigenvalue weighted by Gasteiger charge is 2.47. The third-order valence-electron chi connectivity index (χ3n) is 3.51. The lowest BCUT2D eigenvalue weighted by Gasteiger charge is -2.27. The van der Waals surface area contributed by atoms with Crippen LogP contribution in [0.5, 0.6) is 0 Å². The van der Waals surface area contributed by atoms with E-state index in [4.69, 9.17) is 15.3 Å². The van der Waals surface area contributed by atoms with E-state index >= 15 is 0 Å². The van der Waals surface area contributed by atoms with Gasteiger partial charge in [-0.1, -0.05) is 11.6 Å². The zero-order valence-corrected chi connectivity index (χ0v) is 12.4. The summed E-state index contributed by atoms with van der Waals surface area (Å²) in [5.41, 5.74) is 6.19. The molecule has 2 unspecified atom stereocenters. The van der Waals surface area contributed by atoms with E-state index in [9.17, 15) is 14.7 Å². The van der Waals surface area contributed by atoms with Crippen molar-refractivity contribution < 1.29 is 24.3 Å². The molecule has 2 aliphatic heterocycles. The smallest absolute Gasteiger partial charge is 0.334 e. The average molecular weight is 299 g/mol. The molecule has 8 nitrogen and oxygen atoms in total. The number of hydrogen-bond acceptors (Lipinski definition) is 7. The fraction of sp³-hybridized carbons (Fsp3) is 0.692. The molecule has 4 atom stereocenters. The predicted molar refractivity (Wildman–Crippen MR) is 72.3 cm³/mol. The zero-order chi connectivity index (χ0) is 15.7. The minimum absolute atomic E-state index is 0.220. The minimum Gasteiger partial charge on any atom is -0.461 e. The molecule has 0 spiro atoms. The van der Waals surface area contributed by atoms with Crippen molar-refractivity contribution in [3.8, 4) is 0 Å². The monoisotopic (exact) mass is 299 g/mol. The number of rotatable bonds is 5. The van der Waals surface area contributed by atoms with Gasteiger partial charge >= 0.3 is 5.97 Å². The van der Waals surface area contributed by atoms with Gasteiger partial charge in [-0.25, -0.2) is 9.69 Å². The van der Waals surface area contributed by atoms with E-state index in [1.165, 1.54) is 9.96 Å². The normalized spacial score (nSPS) is 32.1. The number of hydrogen-bond donors (Lipinski definition) is 2. The van der Waals surface area contributed by atoms with E-state index in [1.807, 2.05) is 6.92 Å². The molecule has 0 aliphatic carbocycles. The summed E-state index contributed by atoms with van der Waals surface area (Å²) in [4.78, 5) is 29.8. The second-order valence-corrected chi connectivity index (χ2v) is 5.49. The molecule has 0 aromatic heterocycles. The van der Waals surface area contributed by atoms with Crippen LogP contribution in [-0.2, 0) is 19.2 Å². The second kappa shape index (κ2) is 6.10. The van der Waals surface area contributed by atoms with Crippen LogP contribution in [0.25, 0.3) is 0 Å². The first kappa shape index (κ1) is 15.9. The van der Waals surface area contributed by atoms with Crippen LogP contribution in [0.4, 0.5) is 0 Å². The van der Waals surface area contributed by atoms with E-state index in [0.717, 1.165) is 5.57 Å². The number of aliphatic hydroxyl groups is 1. The Morgan fingerprint density at radius 1 is 1.52 bits per heavy atom. The molecule has 21 heavy (non-hydrogen) atoms. The number of aliphatic hydroxyl groups excluding tert-OH is 1. The fourth-order valence-corrected chi connectivity index (χ4v) is 2.57. The standard InChI is InChI=1S/C13H21N3O5/c1-7(2)21-11(17)6-20-16-10-5-15(13(16)19)9(12(14)18)4-8(10)3/h4,7,9-10,13,19H,5-6H2,1-3H3,(H2,14,18)/t9-,10+,13?/m0/s1. The first-order valence-electron chi connectivity index (χ1n) is 6.83. The van der Waals surface area contributed by atoms with Gasteiger partial charge in [0.05, 0.1) is 12.1 Å². The first-order valence-corrected chi connectivity index (χ1v) is 6.83. The Morgan fingerprint density at radius 2 is 2.19 bits per heavy atom. The van der Waals surface area contributed by atoms with Gasteiger partial charge in [-0.05, 0) is 20.8 Å². The number of fused-ring (bicyclic) bond motifs is 2. The van der Waals surface area contributed by atoms with Gasteiger partial charge in [0.25, 0.3) is 0 Å². The molecular formula is C13H21N3O5. The van der Waals surface area contributed by atoms with Crippen LogP contribution in [0.1, 0.15) is 20.8 Å². The summed E-state index contributed by atoms with van der Waals surface area (Å²) in [6.07, 6.45) is 0.344. The van der Waals surface area contributed by atoms with E-state index < -0.39 is 24.3 Å². The van der Waals surface area contributed by atoms with Crippen LogP contribution in [-0.4, -0.2) is 64.6 Å². The Balaban J connectivity index is 2.02. The molecule has 3 N–H and O–H groups in total. The molecule has 2 rings (SSSR count). The summed E-state index contributed by atoms with van der Waals surface area (Å²) >= 11 is 0. The molecule has 1 saturated heterocycles. The first-order chi connectivity index (χ1) is 9.81. The van der Waals surface area contributed by atoms with E-state index in [2.05, 4.69) is 0 Å². The third-order valence-corrected chi connectivity index (χ3v) is 3.51. The van der Waals surface area contributed by atoms with Crippen LogP contribution in [0.15, 0.2) is 11.6 Å². The topological polar surface area (TPSA) is 105 Å². The van der Waals surface area contributed by atoms with Gasteiger partial charge in [-0.2, -0.15) is 0 Å². The van der Waals surface area contributed by atoms with Crippen molar-refractivity contribution in [1.29, 1.82) is 0 Å². The van der Waals surface area contributed by atoms with Gasteiger partial charge < -0.3 is 15.6 Å². The lowest BCUT2D eigenvalue weighted by atomic mass is 10.0. The Hall–Kier alpha value is -1.48. The Bertz CT molecular complexity index is 465. The lowest BCUT2D eigenvalue weighted by Crippen LogP contribution is -2.49.